The molecular weight excluding hydrogens is 430 g/mol. The van der Waals surface area contributed by atoms with E-state index in [2.05, 4.69) is 10.1 Å². The molecule has 1 aliphatic heterocycles. The summed E-state index contributed by atoms with van der Waals surface area (Å²) in [5, 5.41) is 13.2. The summed E-state index contributed by atoms with van der Waals surface area (Å²) >= 11 is 0. The largest absolute Gasteiger partial charge is 0.475 e. The third-order valence-electron chi connectivity index (χ3n) is 4.11. The highest BCUT2D eigenvalue weighted by atomic mass is 16.6. The Bertz CT molecular complexity index is 829. The molecular formula is C20H27NO11. The Morgan fingerprint density at radius 3 is 2.09 bits per heavy atom. The maximum absolute atomic E-state index is 12.0. The fourth-order valence-corrected chi connectivity index (χ4v) is 3.01. The van der Waals surface area contributed by atoms with Crippen molar-refractivity contribution in [3.63, 3.8) is 0 Å². The minimum Gasteiger partial charge on any atom is -0.475 e. The second-order valence-electron chi connectivity index (χ2n) is 6.79. The predicted molar refractivity (Wildman–Crippen MR) is 105 cm³/mol. The van der Waals surface area contributed by atoms with Crippen LogP contribution in [0.2, 0.25) is 0 Å². The molecule has 0 radical (unpaired) electrons. The van der Waals surface area contributed by atoms with E-state index in [1.54, 1.807) is 0 Å². The summed E-state index contributed by atoms with van der Waals surface area (Å²) in [6, 6.07) is 0. The zero-order valence-electron chi connectivity index (χ0n) is 18.6. The van der Waals surface area contributed by atoms with Crippen LogP contribution in [-0.4, -0.2) is 73.0 Å². The molecule has 0 spiro atoms. The fraction of sp³-hybridized carbons (Fsp3) is 0.550. The van der Waals surface area contributed by atoms with Crippen molar-refractivity contribution in [3.05, 3.63) is 23.1 Å². The predicted octanol–water partition coefficient (Wildman–Crippen LogP) is -0.360. The number of nitrogens with one attached hydrogen (secondary N) is 1. The summed E-state index contributed by atoms with van der Waals surface area (Å²) in [5.74, 6) is -4.12. The van der Waals surface area contributed by atoms with Crippen LogP contribution in [-0.2, 0) is 47.7 Å². The van der Waals surface area contributed by atoms with Gasteiger partial charge in [0.1, 0.15) is 12.7 Å². The molecule has 0 aromatic carbocycles. The Morgan fingerprint density at radius 2 is 1.62 bits per heavy atom. The van der Waals surface area contributed by atoms with E-state index in [9.17, 15) is 29.1 Å². The lowest BCUT2D eigenvalue weighted by Gasteiger charge is -2.37. The average molecular weight is 457 g/mol. The van der Waals surface area contributed by atoms with Gasteiger partial charge in [0.15, 0.2) is 18.3 Å². The van der Waals surface area contributed by atoms with Crippen LogP contribution in [0.4, 0.5) is 0 Å². The third kappa shape index (κ3) is 7.69. The van der Waals surface area contributed by atoms with Gasteiger partial charge in [-0.15, -0.1) is 0 Å². The Labute approximate surface area is 184 Å². The molecule has 0 aliphatic carbocycles. The number of hydrogen-bond donors (Lipinski definition) is 2. The first-order valence-corrected chi connectivity index (χ1v) is 9.48. The minimum absolute atomic E-state index is 0.0130. The Hall–Kier alpha value is -3.41. The van der Waals surface area contributed by atoms with E-state index in [0.29, 0.717) is 0 Å². The van der Waals surface area contributed by atoms with Crippen LogP contribution >= 0.6 is 0 Å². The molecule has 0 fully saturated rings. The van der Waals surface area contributed by atoms with Crippen LogP contribution < -0.4 is 5.32 Å². The van der Waals surface area contributed by atoms with Gasteiger partial charge in [0.05, 0.1) is 7.11 Å². The molecule has 0 bridgehead atoms. The van der Waals surface area contributed by atoms with Crippen molar-refractivity contribution in [3.8, 4) is 0 Å². The van der Waals surface area contributed by atoms with Crippen LogP contribution in [0, 0.1) is 0 Å². The normalized spacial score (nSPS) is 21.0. The van der Waals surface area contributed by atoms with Gasteiger partial charge >= 0.3 is 23.9 Å². The van der Waals surface area contributed by atoms with Gasteiger partial charge in [-0.05, 0) is 13.0 Å². The van der Waals surface area contributed by atoms with Crippen molar-refractivity contribution in [2.45, 2.75) is 59.0 Å². The zero-order valence-corrected chi connectivity index (χ0v) is 18.6. The Kier molecular flexibility index (Phi) is 9.85. The average Bonchev–Trinajstić information content (AvgIpc) is 2.66. The SMILES string of the molecule is COC(=O)C1=CC(O)C(=C(C)NC(C)=O)C(C(OC(C)=O)C(COC(C)=O)OC(C)=O)O1. The van der Waals surface area contributed by atoms with E-state index in [0.717, 1.165) is 34.0 Å². The minimum atomic E-state index is -1.49. The lowest BCUT2D eigenvalue weighted by Crippen LogP contribution is -2.51. The first kappa shape index (κ1) is 26.6. The number of aliphatic hydroxyl groups excluding tert-OH is 1. The standard InChI is InChI=1S/C20H27NO11/c1-9(21-10(2)22)17-14(26)7-15(20(27)28-6)32-19(17)18(31-13(5)25)16(30-12(4)24)8-29-11(3)23/h7,14,16,18-19,26H,8H2,1-6H3,(H,21,22). The third-order valence-corrected chi connectivity index (χ3v) is 4.11. The summed E-state index contributed by atoms with van der Waals surface area (Å²) in [6.45, 7) is 5.44. The lowest BCUT2D eigenvalue weighted by atomic mass is 9.91. The Morgan fingerprint density at radius 1 is 1.03 bits per heavy atom. The quantitative estimate of drug-likeness (QED) is 0.361. The van der Waals surface area contributed by atoms with E-state index in [1.165, 1.54) is 13.8 Å². The fourth-order valence-electron chi connectivity index (χ4n) is 3.01. The number of amides is 1. The number of allylic oxidation sites excluding steroid dienone is 1. The number of carbonyl (C=O) groups excluding carboxylic acids is 5. The second kappa shape index (κ2) is 11.8. The monoisotopic (exact) mass is 457 g/mol. The number of carbonyl (C=O) groups is 5. The van der Waals surface area contributed by atoms with Gasteiger partial charge in [-0.1, -0.05) is 0 Å². The zero-order chi connectivity index (χ0) is 24.6. The molecule has 178 valence electrons. The lowest BCUT2D eigenvalue weighted by molar-refractivity contribution is -0.183. The number of methoxy groups -OCH3 is 1. The van der Waals surface area contributed by atoms with Gasteiger partial charge in [0.2, 0.25) is 11.7 Å². The van der Waals surface area contributed by atoms with Crippen molar-refractivity contribution in [1.29, 1.82) is 0 Å². The van der Waals surface area contributed by atoms with E-state index in [1.807, 2.05) is 0 Å². The summed E-state index contributed by atoms with van der Waals surface area (Å²) in [6.07, 6.45) is -4.73. The smallest absolute Gasteiger partial charge is 0.373 e. The Balaban J connectivity index is 3.62. The highest BCUT2D eigenvalue weighted by Crippen LogP contribution is 2.31. The molecule has 4 unspecified atom stereocenters. The van der Waals surface area contributed by atoms with Crippen molar-refractivity contribution in [2.75, 3.05) is 13.7 Å². The van der Waals surface area contributed by atoms with E-state index in [4.69, 9.17) is 18.9 Å². The summed E-state index contributed by atoms with van der Waals surface area (Å²) < 4.78 is 25.7. The molecule has 1 amide bonds. The first-order valence-electron chi connectivity index (χ1n) is 9.48. The summed E-state index contributed by atoms with van der Waals surface area (Å²) in [7, 11) is 1.09. The number of rotatable bonds is 8. The first-order chi connectivity index (χ1) is 14.9. The van der Waals surface area contributed by atoms with Crippen LogP contribution in [0.1, 0.15) is 34.6 Å². The van der Waals surface area contributed by atoms with Crippen LogP contribution in [0.3, 0.4) is 0 Å². The molecule has 0 saturated carbocycles. The maximum Gasteiger partial charge on any atom is 0.373 e. The molecule has 4 atom stereocenters. The molecule has 12 nitrogen and oxygen atoms in total. The van der Waals surface area contributed by atoms with Crippen molar-refractivity contribution < 1.29 is 52.8 Å². The second-order valence-corrected chi connectivity index (χ2v) is 6.79. The number of aliphatic hydroxyl groups is 1. The summed E-state index contributed by atoms with van der Waals surface area (Å²) in [5.41, 5.74) is 0.153. The van der Waals surface area contributed by atoms with Gasteiger partial charge in [0, 0.05) is 39.0 Å². The topological polar surface area (TPSA) is 164 Å². The van der Waals surface area contributed by atoms with Crippen molar-refractivity contribution in [1.82, 2.24) is 5.32 Å². The molecule has 1 heterocycles. The maximum atomic E-state index is 12.0. The molecule has 1 aliphatic rings. The highest BCUT2D eigenvalue weighted by Gasteiger charge is 2.45. The van der Waals surface area contributed by atoms with E-state index < -0.39 is 66.6 Å². The van der Waals surface area contributed by atoms with Gasteiger partial charge in [-0.25, -0.2) is 4.79 Å². The van der Waals surface area contributed by atoms with Gasteiger partial charge in [-0.2, -0.15) is 0 Å². The number of esters is 4. The highest BCUT2D eigenvalue weighted by molar-refractivity contribution is 5.86. The molecule has 0 aromatic heterocycles. The molecule has 32 heavy (non-hydrogen) atoms. The van der Waals surface area contributed by atoms with Crippen molar-refractivity contribution in [2.24, 2.45) is 0 Å². The van der Waals surface area contributed by atoms with Crippen LogP contribution in [0.5, 0.6) is 0 Å². The molecule has 1 rings (SSSR count). The molecule has 0 saturated heterocycles. The molecule has 0 aromatic rings. The molecule has 2 N–H and O–H groups in total. The van der Waals surface area contributed by atoms with Crippen LogP contribution in [0.25, 0.3) is 0 Å². The van der Waals surface area contributed by atoms with Gasteiger partial charge in [-0.3, -0.25) is 19.2 Å². The van der Waals surface area contributed by atoms with E-state index in [-0.39, 0.29) is 11.3 Å². The number of ether oxygens (including phenoxy) is 5. The number of hydrogen-bond acceptors (Lipinski definition) is 11. The van der Waals surface area contributed by atoms with Gasteiger partial charge < -0.3 is 34.1 Å². The van der Waals surface area contributed by atoms with E-state index >= 15 is 0 Å². The van der Waals surface area contributed by atoms with Gasteiger partial charge in [0.25, 0.3) is 0 Å². The van der Waals surface area contributed by atoms with Crippen LogP contribution in [0.15, 0.2) is 23.1 Å². The van der Waals surface area contributed by atoms with Crippen molar-refractivity contribution >= 4 is 29.8 Å². The summed E-state index contributed by atoms with van der Waals surface area (Å²) in [4.78, 5) is 58.4. The molecule has 12 heteroatoms.